The number of benzene rings is 1. The van der Waals surface area contributed by atoms with Gasteiger partial charge >= 0.3 is 0 Å². The highest BCUT2D eigenvalue weighted by Gasteiger charge is 2.37. The van der Waals surface area contributed by atoms with Crippen LogP contribution in [-0.2, 0) is 20.9 Å². The third-order valence-electron chi connectivity index (χ3n) is 6.83. The van der Waals surface area contributed by atoms with Crippen LogP contribution in [0.4, 0.5) is 5.82 Å². The SMILES string of the molecule is CC(C)C[C@@H](NC1CCOCC1)C(=O)N1CCC[C@H]1C(=O)NCc1ccc2c(N)nccc2c1. The lowest BCUT2D eigenvalue weighted by molar-refractivity contribution is -0.140. The Labute approximate surface area is 201 Å². The van der Waals surface area contributed by atoms with Crippen molar-refractivity contribution in [2.24, 2.45) is 5.92 Å². The Morgan fingerprint density at radius 3 is 2.76 bits per heavy atom. The first-order chi connectivity index (χ1) is 16.4. The zero-order valence-corrected chi connectivity index (χ0v) is 20.3. The summed E-state index contributed by atoms with van der Waals surface area (Å²) < 4.78 is 5.47. The van der Waals surface area contributed by atoms with Crippen molar-refractivity contribution in [2.75, 3.05) is 25.5 Å². The summed E-state index contributed by atoms with van der Waals surface area (Å²) in [5.41, 5.74) is 6.93. The van der Waals surface area contributed by atoms with Gasteiger partial charge in [0.25, 0.3) is 0 Å². The first kappa shape index (κ1) is 24.4. The van der Waals surface area contributed by atoms with Crippen LogP contribution in [0.3, 0.4) is 0 Å². The molecule has 34 heavy (non-hydrogen) atoms. The molecule has 2 saturated heterocycles. The quantitative estimate of drug-likeness (QED) is 0.551. The van der Waals surface area contributed by atoms with Crippen LogP contribution in [0, 0.1) is 5.92 Å². The van der Waals surface area contributed by atoms with Gasteiger partial charge in [0.05, 0.1) is 6.04 Å². The Hall–Kier alpha value is -2.71. The number of anilines is 1. The Morgan fingerprint density at radius 2 is 2.00 bits per heavy atom. The number of nitrogen functional groups attached to an aromatic ring is 1. The largest absolute Gasteiger partial charge is 0.383 e. The first-order valence-corrected chi connectivity index (χ1v) is 12.5. The maximum atomic E-state index is 13.6. The number of fused-ring (bicyclic) bond motifs is 1. The highest BCUT2D eigenvalue weighted by molar-refractivity contribution is 5.92. The number of ether oxygens (including phenoxy) is 1. The molecule has 0 radical (unpaired) electrons. The number of nitrogens with zero attached hydrogens (tertiary/aromatic N) is 2. The van der Waals surface area contributed by atoms with Crippen LogP contribution in [0.15, 0.2) is 30.5 Å². The van der Waals surface area contributed by atoms with Crippen LogP contribution in [0.1, 0.15) is 51.5 Å². The molecule has 2 aliphatic rings. The van der Waals surface area contributed by atoms with Crippen molar-refractivity contribution in [1.82, 2.24) is 20.5 Å². The molecule has 0 bridgehead atoms. The molecule has 0 spiro atoms. The second-order valence-corrected chi connectivity index (χ2v) is 9.89. The summed E-state index contributed by atoms with van der Waals surface area (Å²) in [4.78, 5) is 32.6. The van der Waals surface area contributed by atoms with Crippen molar-refractivity contribution < 1.29 is 14.3 Å². The monoisotopic (exact) mass is 467 g/mol. The number of rotatable bonds is 8. The van der Waals surface area contributed by atoms with E-state index >= 15 is 0 Å². The summed E-state index contributed by atoms with van der Waals surface area (Å²) in [6, 6.07) is 7.41. The number of carbonyl (C=O) groups excluding carboxylic acids is 2. The molecular formula is C26H37N5O3. The van der Waals surface area contributed by atoms with E-state index in [9.17, 15) is 9.59 Å². The van der Waals surface area contributed by atoms with E-state index in [0.29, 0.717) is 31.2 Å². The zero-order valence-electron chi connectivity index (χ0n) is 20.3. The van der Waals surface area contributed by atoms with Crippen LogP contribution in [0.25, 0.3) is 10.8 Å². The van der Waals surface area contributed by atoms with Crippen molar-refractivity contribution in [3.8, 4) is 0 Å². The highest BCUT2D eigenvalue weighted by atomic mass is 16.5. The predicted octanol–water partition coefficient (Wildman–Crippen LogP) is 2.61. The van der Waals surface area contributed by atoms with Gasteiger partial charge < -0.3 is 26.0 Å². The van der Waals surface area contributed by atoms with E-state index in [2.05, 4.69) is 29.5 Å². The molecule has 2 aromatic rings. The molecule has 8 heteroatoms. The molecule has 184 valence electrons. The number of carbonyl (C=O) groups is 2. The standard InChI is InChI=1S/C26H37N5O3/c1-17(2)14-22(30-20-8-12-34-13-9-20)26(33)31-11-3-4-23(31)25(32)29-16-18-5-6-21-19(15-18)7-10-28-24(21)27/h5-7,10,15,17,20,22-23,30H,3-4,8-9,11-14,16H2,1-2H3,(H2,27,28)(H,29,32)/t22-,23+/m1/s1. The van der Waals surface area contributed by atoms with Gasteiger partial charge in [0.2, 0.25) is 11.8 Å². The number of pyridine rings is 1. The molecule has 4 rings (SSSR count). The van der Waals surface area contributed by atoms with Crippen LogP contribution < -0.4 is 16.4 Å². The number of aromatic nitrogens is 1. The average molecular weight is 468 g/mol. The van der Waals surface area contributed by atoms with E-state index in [0.717, 1.165) is 55.2 Å². The van der Waals surface area contributed by atoms with E-state index in [1.807, 2.05) is 24.3 Å². The molecule has 2 aliphatic heterocycles. The van der Waals surface area contributed by atoms with Gasteiger partial charge in [0.1, 0.15) is 11.9 Å². The van der Waals surface area contributed by atoms with E-state index in [1.165, 1.54) is 0 Å². The average Bonchev–Trinajstić information content (AvgIpc) is 3.32. The lowest BCUT2D eigenvalue weighted by atomic mass is 9.99. The number of hydrogen-bond acceptors (Lipinski definition) is 6. The van der Waals surface area contributed by atoms with Gasteiger partial charge in [-0.2, -0.15) is 0 Å². The molecule has 2 fully saturated rings. The second-order valence-electron chi connectivity index (χ2n) is 9.89. The summed E-state index contributed by atoms with van der Waals surface area (Å²) in [5.74, 6) is 0.841. The van der Waals surface area contributed by atoms with E-state index in [1.54, 1.807) is 11.1 Å². The first-order valence-electron chi connectivity index (χ1n) is 12.5. The number of likely N-dealkylation sites (tertiary alicyclic amines) is 1. The lowest BCUT2D eigenvalue weighted by Crippen LogP contribution is -2.55. The van der Waals surface area contributed by atoms with Gasteiger partial charge in [-0.15, -0.1) is 0 Å². The van der Waals surface area contributed by atoms with Gasteiger partial charge in [0.15, 0.2) is 0 Å². The molecule has 0 aliphatic carbocycles. The minimum absolute atomic E-state index is 0.0477. The fraction of sp³-hybridized carbons (Fsp3) is 0.577. The van der Waals surface area contributed by atoms with Crippen LogP contribution in [0.2, 0.25) is 0 Å². The van der Waals surface area contributed by atoms with Gasteiger partial charge in [-0.1, -0.05) is 26.0 Å². The van der Waals surface area contributed by atoms with Crippen LogP contribution in [0.5, 0.6) is 0 Å². The molecule has 1 aromatic heterocycles. The molecule has 2 atom stereocenters. The van der Waals surface area contributed by atoms with Crippen molar-refractivity contribution in [3.05, 3.63) is 36.0 Å². The van der Waals surface area contributed by atoms with Crippen molar-refractivity contribution >= 4 is 28.4 Å². The van der Waals surface area contributed by atoms with E-state index in [4.69, 9.17) is 10.5 Å². The summed E-state index contributed by atoms with van der Waals surface area (Å²) in [7, 11) is 0. The fourth-order valence-corrected chi connectivity index (χ4v) is 5.03. The summed E-state index contributed by atoms with van der Waals surface area (Å²) >= 11 is 0. The fourth-order valence-electron chi connectivity index (χ4n) is 5.03. The third-order valence-corrected chi connectivity index (χ3v) is 6.83. The molecule has 0 saturated carbocycles. The van der Waals surface area contributed by atoms with Crippen LogP contribution >= 0.6 is 0 Å². The summed E-state index contributed by atoms with van der Waals surface area (Å²) in [6.45, 7) is 6.76. The van der Waals surface area contributed by atoms with Gasteiger partial charge in [-0.25, -0.2) is 4.98 Å². The maximum Gasteiger partial charge on any atom is 0.243 e. The molecular weight excluding hydrogens is 430 g/mol. The Kier molecular flexibility index (Phi) is 8.00. The third kappa shape index (κ3) is 5.85. The Morgan fingerprint density at radius 1 is 1.21 bits per heavy atom. The lowest BCUT2D eigenvalue weighted by Gasteiger charge is -2.33. The van der Waals surface area contributed by atoms with Crippen molar-refractivity contribution in [2.45, 2.75) is 70.6 Å². The summed E-state index contributed by atoms with van der Waals surface area (Å²) in [5, 5.41) is 8.53. The molecule has 3 heterocycles. The maximum absolute atomic E-state index is 13.6. The number of amides is 2. The van der Waals surface area contributed by atoms with E-state index in [-0.39, 0.29) is 23.9 Å². The summed E-state index contributed by atoms with van der Waals surface area (Å²) in [6.07, 6.45) is 5.82. The number of nitrogens with one attached hydrogen (secondary N) is 2. The number of nitrogens with two attached hydrogens (primary N) is 1. The predicted molar refractivity (Wildman–Crippen MR) is 133 cm³/mol. The van der Waals surface area contributed by atoms with Gasteiger partial charge in [0, 0.05) is 43.9 Å². The van der Waals surface area contributed by atoms with Crippen LogP contribution in [-0.4, -0.2) is 59.6 Å². The molecule has 1 aromatic carbocycles. The molecule has 0 unspecified atom stereocenters. The molecule has 4 N–H and O–H groups in total. The molecule has 2 amide bonds. The van der Waals surface area contributed by atoms with Crippen molar-refractivity contribution in [1.29, 1.82) is 0 Å². The number of hydrogen-bond donors (Lipinski definition) is 3. The minimum atomic E-state index is -0.418. The zero-order chi connectivity index (χ0) is 24.1. The Bertz CT molecular complexity index is 1010. The minimum Gasteiger partial charge on any atom is -0.383 e. The normalized spacial score (nSPS) is 20.1. The topological polar surface area (TPSA) is 110 Å². The Balaban J connectivity index is 1.39. The van der Waals surface area contributed by atoms with Gasteiger partial charge in [-0.05, 0) is 61.1 Å². The smallest absolute Gasteiger partial charge is 0.243 e. The van der Waals surface area contributed by atoms with Crippen molar-refractivity contribution in [3.63, 3.8) is 0 Å². The van der Waals surface area contributed by atoms with E-state index < -0.39 is 6.04 Å². The molecule has 8 nitrogen and oxygen atoms in total. The van der Waals surface area contributed by atoms with Gasteiger partial charge in [-0.3, -0.25) is 9.59 Å². The highest BCUT2D eigenvalue weighted by Crippen LogP contribution is 2.23. The second kappa shape index (κ2) is 11.1.